The molecule has 136 valence electrons. The van der Waals surface area contributed by atoms with Crippen molar-refractivity contribution in [1.29, 1.82) is 0 Å². The number of fused-ring (bicyclic) bond motifs is 1. The Kier molecular flexibility index (Phi) is 3.94. The number of nitrogens with two attached hydrogens (primary N) is 1. The summed E-state index contributed by atoms with van der Waals surface area (Å²) in [6.07, 6.45) is 3.24. The lowest BCUT2D eigenvalue weighted by atomic mass is 10.1. The van der Waals surface area contributed by atoms with Crippen molar-refractivity contribution in [3.8, 4) is 17.1 Å². The van der Waals surface area contributed by atoms with Crippen LogP contribution < -0.4 is 10.7 Å². The van der Waals surface area contributed by atoms with Gasteiger partial charge in [-0.25, -0.2) is 18.5 Å². The van der Waals surface area contributed by atoms with Gasteiger partial charge in [0.2, 0.25) is 10.0 Å². The normalized spacial score (nSPS) is 11.8. The number of nitrogens with zero attached hydrogens (tertiary/aromatic N) is 3. The van der Waals surface area contributed by atoms with Crippen molar-refractivity contribution < 1.29 is 8.42 Å². The Morgan fingerprint density at radius 2 is 1.81 bits per heavy atom. The lowest BCUT2D eigenvalue weighted by Crippen LogP contribution is -2.20. The number of benzene rings is 2. The Morgan fingerprint density at radius 1 is 1.04 bits per heavy atom. The zero-order valence-electron chi connectivity index (χ0n) is 14.4. The van der Waals surface area contributed by atoms with Gasteiger partial charge in [-0.1, -0.05) is 24.3 Å². The van der Waals surface area contributed by atoms with Crippen LogP contribution in [-0.4, -0.2) is 22.5 Å². The summed E-state index contributed by atoms with van der Waals surface area (Å²) in [5.74, 6) is 0.424. The molecule has 0 radical (unpaired) electrons. The van der Waals surface area contributed by atoms with Gasteiger partial charge < -0.3 is 4.57 Å². The van der Waals surface area contributed by atoms with Gasteiger partial charge >= 0.3 is 0 Å². The van der Waals surface area contributed by atoms with Gasteiger partial charge in [0.1, 0.15) is 5.82 Å². The summed E-state index contributed by atoms with van der Waals surface area (Å²) in [6, 6.07) is 15.6. The number of para-hydroxylation sites is 1. The maximum atomic E-state index is 12.9. The Bertz CT molecular complexity index is 1340. The predicted molar refractivity (Wildman–Crippen MR) is 103 cm³/mol. The molecular weight excluding hydrogens is 364 g/mol. The first kappa shape index (κ1) is 17.2. The first-order chi connectivity index (χ1) is 12.9. The Hall–Kier alpha value is -3.23. The molecule has 2 N–H and O–H groups in total. The average molecular weight is 380 g/mol. The fraction of sp³-hybridized carbons (Fsp3) is 0.0526. The molecule has 4 aromatic rings. The minimum absolute atomic E-state index is 0.00827. The number of hydrogen-bond donors (Lipinski definition) is 1. The lowest BCUT2D eigenvalue weighted by Gasteiger charge is -2.11. The molecule has 0 saturated heterocycles. The molecule has 0 spiro atoms. The Labute approximate surface area is 155 Å². The topological polar surface area (TPSA) is 100.0 Å². The predicted octanol–water partition coefficient (Wildman–Crippen LogP) is 2.04. The van der Waals surface area contributed by atoms with E-state index in [-0.39, 0.29) is 10.5 Å². The first-order valence-electron chi connectivity index (χ1n) is 8.12. The van der Waals surface area contributed by atoms with Crippen LogP contribution in [0.2, 0.25) is 0 Å². The number of aryl methyl sites for hydroxylation is 1. The van der Waals surface area contributed by atoms with Crippen LogP contribution in [0.5, 0.6) is 0 Å². The summed E-state index contributed by atoms with van der Waals surface area (Å²) in [7, 11) is -2.13. The smallest absolute Gasteiger partial charge is 0.261 e. The summed E-state index contributed by atoms with van der Waals surface area (Å²) in [5, 5.41) is 6.13. The zero-order valence-corrected chi connectivity index (χ0v) is 15.2. The molecule has 0 fully saturated rings. The molecule has 0 atom stereocenters. The molecule has 7 nitrogen and oxygen atoms in total. The fourth-order valence-corrected chi connectivity index (χ4v) is 3.66. The highest BCUT2D eigenvalue weighted by atomic mass is 32.2. The Morgan fingerprint density at radius 3 is 2.59 bits per heavy atom. The number of aromatic nitrogens is 3. The minimum Gasteiger partial charge on any atom is -0.311 e. The van der Waals surface area contributed by atoms with E-state index in [9.17, 15) is 13.2 Å². The largest absolute Gasteiger partial charge is 0.311 e. The third kappa shape index (κ3) is 2.94. The van der Waals surface area contributed by atoms with Crippen LogP contribution in [0.1, 0.15) is 0 Å². The summed E-state index contributed by atoms with van der Waals surface area (Å²) in [5.41, 5.74) is 1.59. The molecule has 0 bridgehead atoms. The monoisotopic (exact) mass is 380 g/mol. The Balaban J connectivity index is 1.95. The van der Waals surface area contributed by atoms with Gasteiger partial charge in [-0.3, -0.25) is 9.36 Å². The van der Waals surface area contributed by atoms with Gasteiger partial charge in [-0.2, -0.15) is 0 Å². The molecule has 27 heavy (non-hydrogen) atoms. The van der Waals surface area contributed by atoms with E-state index < -0.39 is 10.0 Å². The molecule has 4 rings (SSSR count). The number of imidazole rings is 1. The molecular formula is C19H16N4O3S. The van der Waals surface area contributed by atoms with Crippen molar-refractivity contribution in [3.63, 3.8) is 0 Å². The van der Waals surface area contributed by atoms with Crippen molar-refractivity contribution in [1.82, 2.24) is 14.1 Å². The van der Waals surface area contributed by atoms with Crippen molar-refractivity contribution >= 4 is 20.9 Å². The summed E-state index contributed by atoms with van der Waals surface area (Å²) in [6.45, 7) is 0. The van der Waals surface area contributed by atoms with E-state index in [2.05, 4.69) is 4.98 Å². The van der Waals surface area contributed by atoms with Crippen LogP contribution in [0.15, 0.2) is 76.7 Å². The van der Waals surface area contributed by atoms with Crippen molar-refractivity contribution in [2.24, 2.45) is 12.2 Å². The first-order valence-corrected chi connectivity index (χ1v) is 9.66. The van der Waals surface area contributed by atoms with Crippen LogP contribution in [0, 0.1) is 0 Å². The second kappa shape index (κ2) is 6.19. The molecule has 0 aliphatic carbocycles. The maximum absolute atomic E-state index is 12.9. The van der Waals surface area contributed by atoms with Crippen molar-refractivity contribution in [2.45, 2.75) is 4.90 Å². The molecule has 0 amide bonds. The van der Waals surface area contributed by atoms with Crippen LogP contribution in [0.25, 0.3) is 28.0 Å². The molecule has 0 aliphatic heterocycles. The number of rotatable bonds is 3. The van der Waals surface area contributed by atoms with E-state index in [4.69, 9.17) is 5.14 Å². The molecule has 2 heterocycles. The quantitative estimate of drug-likeness (QED) is 0.588. The molecule has 0 unspecified atom stereocenters. The van der Waals surface area contributed by atoms with E-state index in [0.717, 1.165) is 10.9 Å². The van der Waals surface area contributed by atoms with Crippen LogP contribution in [-0.2, 0) is 17.1 Å². The zero-order chi connectivity index (χ0) is 19.2. The van der Waals surface area contributed by atoms with Crippen LogP contribution >= 0.6 is 0 Å². The van der Waals surface area contributed by atoms with Gasteiger partial charge in [0, 0.05) is 25.1 Å². The second-order valence-electron chi connectivity index (χ2n) is 6.14. The third-order valence-electron chi connectivity index (χ3n) is 4.44. The highest BCUT2D eigenvalue weighted by molar-refractivity contribution is 7.89. The molecule has 8 heteroatoms. The minimum atomic E-state index is -3.84. The third-order valence-corrected chi connectivity index (χ3v) is 5.35. The van der Waals surface area contributed by atoms with Crippen LogP contribution in [0.3, 0.4) is 0 Å². The standard InChI is InChI=1S/C19H16N4O3S/c1-22-17-8-3-2-5-13(17)11-16(19(22)24)18-21-9-10-23(18)14-6-4-7-15(12-14)27(20,25)26/h2-12H,1H3,(H2,20,25,26). The van der Waals surface area contributed by atoms with Gasteiger partial charge in [0.25, 0.3) is 5.56 Å². The summed E-state index contributed by atoms with van der Waals surface area (Å²) < 4.78 is 26.5. The van der Waals surface area contributed by atoms with Gasteiger partial charge in [0.15, 0.2) is 0 Å². The molecule has 2 aromatic carbocycles. The van der Waals surface area contributed by atoms with Crippen molar-refractivity contribution in [2.75, 3.05) is 0 Å². The van der Waals surface area contributed by atoms with Crippen LogP contribution in [0.4, 0.5) is 0 Å². The van der Waals surface area contributed by atoms with Crippen molar-refractivity contribution in [3.05, 3.63) is 77.3 Å². The van der Waals surface area contributed by atoms with E-state index >= 15 is 0 Å². The second-order valence-corrected chi connectivity index (χ2v) is 7.71. The average Bonchev–Trinajstić information content (AvgIpc) is 3.14. The highest BCUT2D eigenvalue weighted by Gasteiger charge is 2.16. The number of pyridine rings is 1. The van der Waals surface area contributed by atoms with E-state index in [1.165, 1.54) is 12.1 Å². The summed E-state index contributed by atoms with van der Waals surface area (Å²) in [4.78, 5) is 17.2. The van der Waals surface area contributed by atoms with E-state index in [1.807, 2.05) is 24.3 Å². The SMILES string of the molecule is Cn1c(=O)c(-c2nccn2-c2cccc(S(N)(=O)=O)c2)cc2ccccc21. The van der Waals surface area contributed by atoms with Gasteiger partial charge in [-0.05, 0) is 35.7 Å². The van der Waals surface area contributed by atoms with Gasteiger partial charge in [-0.15, -0.1) is 0 Å². The number of primary sulfonamides is 1. The highest BCUT2D eigenvalue weighted by Crippen LogP contribution is 2.23. The molecule has 0 saturated carbocycles. The maximum Gasteiger partial charge on any atom is 0.261 e. The van der Waals surface area contributed by atoms with E-state index in [1.54, 1.807) is 46.8 Å². The number of sulfonamides is 1. The lowest BCUT2D eigenvalue weighted by molar-refractivity contribution is 0.597. The fourth-order valence-electron chi connectivity index (χ4n) is 3.10. The molecule has 0 aliphatic rings. The van der Waals surface area contributed by atoms with Gasteiger partial charge in [0.05, 0.1) is 16.0 Å². The molecule has 2 aromatic heterocycles. The summed E-state index contributed by atoms with van der Waals surface area (Å²) >= 11 is 0. The number of hydrogen-bond acceptors (Lipinski definition) is 4. The van der Waals surface area contributed by atoms with E-state index in [0.29, 0.717) is 17.1 Å².